The predicted molar refractivity (Wildman–Crippen MR) is 60.2 cm³/mol. The van der Waals surface area contributed by atoms with Crippen molar-refractivity contribution in [2.45, 2.75) is 52.4 Å². The van der Waals surface area contributed by atoms with E-state index in [4.69, 9.17) is 0 Å². The molecule has 0 aromatic rings. The van der Waals surface area contributed by atoms with E-state index >= 15 is 0 Å². The van der Waals surface area contributed by atoms with Gasteiger partial charge in [0.25, 0.3) is 0 Å². The van der Waals surface area contributed by atoms with Crippen molar-refractivity contribution in [3.8, 4) is 0 Å². The van der Waals surface area contributed by atoms with Crippen molar-refractivity contribution in [3.05, 3.63) is 23.3 Å². The summed E-state index contributed by atoms with van der Waals surface area (Å²) in [5.41, 5.74) is 3.27. The summed E-state index contributed by atoms with van der Waals surface area (Å²) in [4.78, 5) is 11.5. The summed E-state index contributed by atoms with van der Waals surface area (Å²) in [6.07, 6.45) is 6.51. The standard InChI is InChI=1S/C13H20O/c1-4-5-6-7-11-8-9-12(14)13(11)10(2)3/h2,4-9H2,1,3H3. The zero-order valence-electron chi connectivity index (χ0n) is 9.36. The van der Waals surface area contributed by atoms with Gasteiger partial charge in [-0.05, 0) is 31.8 Å². The number of hydrogen-bond donors (Lipinski definition) is 0. The van der Waals surface area contributed by atoms with Gasteiger partial charge in [-0.15, -0.1) is 0 Å². The lowest BCUT2D eigenvalue weighted by Gasteiger charge is -2.05. The van der Waals surface area contributed by atoms with Crippen LogP contribution in [0, 0.1) is 0 Å². The quantitative estimate of drug-likeness (QED) is 0.605. The fourth-order valence-corrected chi connectivity index (χ4v) is 2.09. The lowest BCUT2D eigenvalue weighted by atomic mass is 10.00. The first-order chi connectivity index (χ1) is 6.66. The Morgan fingerprint density at radius 1 is 1.36 bits per heavy atom. The largest absolute Gasteiger partial charge is 0.294 e. The Labute approximate surface area is 86.9 Å². The van der Waals surface area contributed by atoms with Crippen molar-refractivity contribution in [3.63, 3.8) is 0 Å². The molecule has 0 atom stereocenters. The molecule has 0 saturated heterocycles. The first-order valence-corrected chi connectivity index (χ1v) is 5.58. The van der Waals surface area contributed by atoms with Gasteiger partial charge < -0.3 is 0 Å². The first-order valence-electron chi connectivity index (χ1n) is 5.58. The molecule has 0 bridgehead atoms. The Morgan fingerprint density at radius 3 is 2.64 bits per heavy atom. The molecule has 0 unspecified atom stereocenters. The molecule has 1 rings (SSSR count). The third kappa shape index (κ3) is 2.57. The van der Waals surface area contributed by atoms with E-state index in [1.165, 1.54) is 24.8 Å². The molecular weight excluding hydrogens is 172 g/mol. The maximum Gasteiger partial charge on any atom is 0.163 e. The van der Waals surface area contributed by atoms with Gasteiger partial charge in [-0.2, -0.15) is 0 Å². The summed E-state index contributed by atoms with van der Waals surface area (Å²) in [6, 6.07) is 0. The molecule has 1 nitrogen and oxygen atoms in total. The zero-order chi connectivity index (χ0) is 10.6. The maximum atomic E-state index is 11.5. The van der Waals surface area contributed by atoms with Gasteiger partial charge in [0.1, 0.15) is 0 Å². The van der Waals surface area contributed by atoms with Crippen LogP contribution < -0.4 is 0 Å². The van der Waals surface area contributed by atoms with Crippen LogP contribution in [-0.4, -0.2) is 5.78 Å². The van der Waals surface area contributed by atoms with Gasteiger partial charge >= 0.3 is 0 Å². The van der Waals surface area contributed by atoms with Gasteiger partial charge in [0, 0.05) is 12.0 Å². The minimum Gasteiger partial charge on any atom is -0.294 e. The molecule has 0 radical (unpaired) electrons. The second-order valence-electron chi connectivity index (χ2n) is 4.14. The van der Waals surface area contributed by atoms with Crippen LogP contribution in [0.1, 0.15) is 52.4 Å². The van der Waals surface area contributed by atoms with Crippen LogP contribution in [0.2, 0.25) is 0 Å². The average molecular weight is 192 g/mol. The van der Waals surface area contributed by atoms with Crippen LogP contribution in [0.5, 0.6) is 0 Å². The predicted octanol–water partition coefficient (Wildman–Crippen LogP) is 3.80. The van der Waals surface area contributed by atoms with Crippen LogP contribution in [0.4, 0.5) is 0 Å². The smallest absolute Gasteiger partial charge is 0.163 e. The molecule has 0 heterocycles. The Bertz CT molecular complexity index is 271. The summed E-state index contributed by atoms with van der Waals surface area (Å²) in [5, 5.41) is 0. The number of Topliss-reactive ketones (excluding diaryl/α,β-unsaturated/α-hetero) is 1. The number of unbranched alkanes of at least 4 members (excludes halogenated alkanes) is 2. The minimum atomic E-state index is 0.309. The summed E-state index contributed by atoms with van der Waals surface area (Å²) < 4.78 is 0. The van der Waals surface area contributed by atoms with Gasteiger partial charge in [0.15, 0.2) is 5.78 Å². The Balaban J connectivity index is 2.63. The van der Waals surface area contributed by atoms with Crippen LogP contribution in [0.25, 0.3) is 0 Å². The normalized spacial score (nSPS) is 16.6. The molecule has 78 valence electrons. The molecule has 0 fully saturated rings. The number of rotatable bonds is 5. The second kappa shape index (κ2) is 5.14. The first kappa shape index (κ1) is 11.2. The summed E-state index contributed by atoms with van der Waals surface area (Å²) >= 11 is 0. The minimum absolute atomic E-state index is 0.309. The van der Waals surface area contributed by atoms with Crippen molar-refractivity contribution in [2.75, 3.05) is 0 Å². The number of hydrogen-bond acceptors (Lipinski definition) is 1. The van der Waals surface area contributed by atoms with Crippen molar-refractivity contribution in [1.29, 1.82) is 0 Å². The van der Waals surface area contributed by atoms with E-state index < -0.39 is 0 Å². The fourth-order valence-electron chi connectivity index (χ4n) is 2.09. The van der Waals surface area contributed by atoms with E-state index in [2.05, 4.69) is 13.5 Å². The van der Waals surface area contributed by atoms with Gasteiger partial charge in [-0.1, -0.05) is 31.9 Å². The van der Waals surface area contributed by atoms with Crippen LogP contribution in [0.15, 0.2) is 23.3 Å². The molecule has 0 spiro atoms. The van der Waals surface area contributed by atoms with E-state index in [1.54, 1.807) is 0 Å². The van der Waals surface area contributed by atoms with E-state index in [0.717, 1.165) is 24.0 Å². The van der Waals surface area contributed by atoms with Gasteiger partial charge in [-0.25, -0.2) is 0 Å². The SMILES string of the molecule is C=C(C)C1=C(CCCCC)CCC1=O. The van der Waals surface area contributed by atoms with E-state index in [1.807, 2.05) is 6.92 Å². The Kier molecular flexibility index (Phi) is 4.12. The molecule has 0 amide bonds. The fraction of sp³-hybridized carbons (Fsp3) is 0.615. The summed E-state index contributed by atoms with van der Waals surface area (Å²) in [5.74, 6) is 0.309. The molecule has 1 aliphatic rings. The average Bonchev–Trinajstić information content (AvgIpc) is 2.47. The van der Waals surface area contributed by atoms with Gasteiger partial charge in [0.05, 0.1) is 0 Å². The third-order valence-electron chi connectivity index (χ3n) is 2.80. The van der Waals surface area contributed by atoms with Crippen LogP contribution in [0.3, 0.4) is 0 Å². The number of carbonyl (C=O) groups is 1. The molecule has 0 saturated carbocycles. The highest BCUT2D eigenvalue weighted by atomic mass is 16.1. The second-order valence-corrected chi connectivity index (χ2v) is 4.14. The molecule has 0 aliphatic heterocycles. The van der Waals surface area contributed by atoms with Gasteiger partial charge in [-0.3, -0.25) is 4.79 Å². The topological polar surface area (TPSA) is 17.1 Å². The Hall–Kier alpha value is -0.850. The van der Waals surface area contributed by atoms with Crippen molar-refractivity contribution >= 4 is 5.78 Å². The Morgan fingerprint density at radius 2 is 2.07 bits per heavy atom. The molecular formula is C13H20O. The van der Waals surface area contributed by atoms with Gasteiger partial charge in [0.2, 0.25) is 0 Å². The summed E-state index contributed by atoms with van der Waals surface area (Å²) in [6.45, 7) is 8.03. The summed E-state index contributed by atoms with van der Waals surface area (Å²) in [7, 11) is 0. The molecule has 0 aromatic carbocycles. The lowest BCUT2D eigenvalue weighted by molar-refractivity contribution is -0.114. The zero-order valence-corrected chi connectivity index (χ0v) is 9.36. The lowest BCUT2D eigenvalue weighted by Crippen LogP contribution is -1.97. The molecule has 1 aliphatic carbocycles. The highest BCUT2D eigenvalue weighted by Crippen LogP contribution is 2.30. The van der Waals surface area contributed by atoms with E-state index in [9.17, 15) is 4.79 Å². The molecule has 1 heteroatoms. The maximum absolute atomic E-state index is 11.5. The van der Waals surface area contributed by atoms with E-state index in [-0.39, 0.29) is 0 Å². The third-order valence-corrected chi connectivity index (χ3v) is 2.80. The number of allylic oxidation sites excluding steroid dienone is 3. The van der Waals surface area contributed by atoms with Crippen molar-refractivity contribution < 1.29 is 4.79 Å². The molecule has 0 N–H and O–H groups in total. The highest BCUT2D eigenvalue weighted by Gasteiger charge is 2.22. The monoisotopic (exact) mass is 192 g/mol. The van der Waals surface area contributed by atoms with Crippen LogP contribution >= 0.6 is 0 Å². The van der Waals surface area contributed by atoms with Crippen molar-refractivity contribution in [1.82, 2.24) is 0 Å². The molecule has 0 aromatic heterocycles. The van der Waals surface area contributed by atoms with E-state index in [0.29, 0.717) is 12.2 Å². The number of carbonyl (C=O) groups excluding carboxylic acids is 1. The van der Waals surface area contributed by atoms with Crippen molar-refractivity contribution in [2.24, 2.45) is 0 Å². The highest BCUT2D eigenvalue weighted by molar-refractivity contribution is 6.02. The van der Waals surface area contributed by atoms with Crippen LogP contribution in [-0.2, 0) is 4.79 Å². The number of ketones is 1. The molecule has 14 heavy (non-hydrogen) atoms.